The molecule has 0 spiro atoms. The summed E-state index contributed by atoms with van der Waals surface area (Å²) in [6.07, 6.45) is 6.37. The highest BCUT2D eigenvalue weighted by Gasteiger charge is 2.40. The molecule has 2 aliphatic carbocycles. The monoisotopic (exact) mass is 410 g/mol. The van der Waals surface area contributed by atoms with Gasteiger partial charge in [-0.25, -0.2) is 8.42 Å². The number of anilines is 1. The molecule has 0 aliphatic heterocycles. The lowest BCUT2D eigenvalue weighted by Gasteiger charge is -2.24. The Balaban J connectivity index is 1.52. The second-order valence-corrected chi connectivity index (χ2v) is 9.80. The third-order valence-electron chi connectivity index (χ3n) is 6.10. The lowest BCUT2D eigenvalue weighted by atomic mass is 9.95. The number of hydrogen-bond donors (Lipinski definition) is 1. The maximum Gasteiger partial charge on any atom is 0.264 e. The van der Waals surface area contributed by atoms with Gasteiger partial charge < -0.3 is 5.32 Å². The van der Waals surface area contributed by atoms with Gasteiger partial charge in [0.15, 0.2) is 0 Å². The summed E-state index contributed by atoms with van der Waals surface area (Å²) in [4.78, 5) is 12.9. The zero-order valence-electron chi connectivity index (χ0n) is 16.3. The lowest BCUT2D eigenvalue weighted by molar-refractivity contribution is 0.0923. The Morgan fingerprint density at radius 1 is 1.07 bits per heavy atom. The van der Waals surface area contributed by atoms with Crippen LogP contribution in [0.5, 0.6) is 0 Å². The standard InChI is InChI=1S/C23H26N2O3S/c1-2-14-25(29(27,28)21-6-4-3-5-7-21)20-12-10-18(11-13-20)23(26)24-22-16-17-8-9-19(22)15-17/h2-7,10-13,17,19,22H,1,8-9,14-16H2,(H,24,26)/t17-,19-,22-/m0/s1. The average Bonchev–Trinajstić information content (AvgIpc) is 3.36. The van der Waals surface area contributed by atoms with E-state index in [1.165, 1.54) is 23.6 Å². The van der Waals surface area contributed by atoms with Crippen molar-refractivity contribution in [1.29, 1.82) is 0 Å². The topological polar surface area (TPSA) is 66.5 Å². The Morgan fingerprint density at radius 2 is 1.79 bits per heavy atom. The Labute approximate surface area is 172 Å². The Morgan fingerprint density at radius 3 is 2.38 bits per heavy atom. The van der Waals surface area contributed by atoms with E-state index in [0.29, 0.717) is 17.2 Å². The van der Waals surface area contributed by atoms with Crippen molar-refractivity contribution in [2.75, 3.05) is 10.8 Å². The smallest absolute Gasteiger partial charge is 0.264 e. The van der Waals surface area contributed by atoms with E-state index in [0.717, 1.165) is 12.3 Å². The summed E-state index contributed by atoms with van der Waals surface area (Å²) < 4.78 is 27.4. The highest BCUT2D eigenvalue weighted by Crippen LogP contribution is 2.44. The van der Waals surface area contributed by atoms with E-state index in [9.17, 15) is 13.2 Å². The van der Waals surface area contributed by atoms with Crippen molar-refractivity contribution in [3.8, 4) is 0 Å². The number of carbonyl (C=O) groups is 1. The number of benzene rings is 2. The molecule has 29 heavy (non-hydrogen) atoms. The first-order valence-corrected chi connectivity index (χ1v) is 11.5. The Hall–Kier alpha value is -2.60. The number of amides is 1. The molecule has 1 amide bonds. The predicted octanol–water partition coefficient (Wildman–Crippen LogP) is 3.99. The van der Waals surface area contributed by atoms with Crippen molar-refractivity contribution in [2.24, 2.45) is 11.8 Å². The summed E-state index contributed by atoms with van der Waals surface area (Å²) in [5.74, 6) is 1.29. The highest BCUT2D eigenvalue weighted by molar-refractivity contribution is 7.92. The van der Waals surface area contributed by atoms with Crippen LogP contribution in [0, 0.1) is 11.8 Å². The van der Waals surface area contributed by atoms with E-state index in [1.807, 2.05) is 0 Å². The Kier molecular flexibility index (Phi) is 5.46. The SMILES string of the molecule is C=CCN(c1ccc(C(=O)N[C@H]2C[C@H]3CC[C@H]2C3)cc1)S(=O)(=O)c1ccccc1. The van der Waals surface area contributed by atoms with Crippen LogP contribution in [0.25, 0.3) is 0 Å². The number of fused-ring (bicyclic) bond motifs is 2. The van der Waals surface area contributed by atoms with E-state index in [-0.39, 0.29) is 23.4 Å². The first-order valence-electron chi connectivity index (χ1n) is 10.1. The largest absolute Gasteiger partial charge is 0.349 e. The molecular weight excluding hydrogens is 384 g/mol. The number of sulfonamides is 1. The maximum absolute atomic E-state index is 13.0. The lowest BCUT2D eigenvalue weighted by Crippen LogP contribution is -2.38. The van der Waals surface area contributed by atoms with Crippen LogP contribution in [-0.2, 0) is 10.0 Å². The maximum atomic E-state index is 13.0. The van der Waals surface area contributed by atoms with E-state index < -0.39 is 10.0 Å². The van der Waals surface area contributed by atoms with Crippen molar-refractivity contribution >= 4 is 21.6 Å². The van der Waals surface area contributed by atoms with Crippen LogP contribution in [0.2, 0.25) is 0 Å². The van der Waals surface area contributed by atoms with Gasteiger partial charge in [0, 0.05) is 11.6 Å². The van der Waals surface area contributed by atoms with Gasteiger partial charge in [0.1, 0.15) is 0 Å². The summed E-state index contributed by atoms with van der Waals surface area (Å²) in [5, 5.41) is 3.17. The van der Waals surface area contributed by atoms with E-state index >= 15 is 0 Å². The second kappa shape index (κ2) is 8.03. The molecule has 3 atom stereocenters. The second-order valence-electron chi connectivity index (χ2n) is 7.94. The van der Waals surface area contributed by atoms with Gasteiger partial charge >= 0.3 is 0 Å². The molecule has 2 bridgehead atoms. The first-order chi connectivity index (χ1) is 14.0. The molecule has 0 saturated heterocycles. The molecule has 152 valence electrons. The summed E-state index contributed by atoms with van der Waals surface area (Å²) in [6.45, 7) is 3.83. The van der Waals surface area contributed by atoms with Crippen LogP contribution in [0.4, 0.5) is 5.69 Å². The van der Waals surface area contributed by atoms with E-state index in [1.54, 1.807) is 60.7 Å². The van der Waals surface area contributed by atoms with Crippen molar-refractivity contribution in [1.82, 2.24) is 5.32 Å². The molecule has 1 N–H and O–H groups in total. The van der Waals surface area contributed by atoms with Gasteiger partial charge in [-0.2, -0.15) is 0 Å². The zero-order valence-corrected chi connectivity index (χ0v) is 17.1. The molecule has 6 heteroatoms. The van der Waals surface area contributed by atoms with Gasteiger partial charge in [0.25, 0.3) is 15.9 Å². The van der Waals surface area contributed by atoms with Gasteiger partial charge in [-0.15, -0.1) is 6.58 Å². The van der Waals surface area contributed by atoms with E-state index in [2.05, 4.69) is 11.9 Å². The van der Waals surface area contributed by atoms with Gasteiger partial charge in [0.05, 0.1) is 17.1 Å². The molecular formula is C23H26N2O3S. The molecule has 0 unspecified atom stereocenters. The van der Waals surface area contributed by atoms with Crippen LogP contribution in [0.3, 0.4) is 0 Å². The number of nitrogens with one attached hydrogen (secondary N) is 1. The minimum absolute atomic E-state index is 0.0877. The van der Waals surface area contributed by atoms with Crippen LogP contribution in [-0.4, -0.2) is 26.9 Å². The predicted molar refractivity (Wildman–Crippen MR) is 114 cm³/mol. The third kappa shape index (κ3) is 3.94. The minimum Gasteiger partial charge on any atom is -0.349 e. The van der Waals surface area contributed by atoms with Crippen LogP contribution >= 0.6 is 0 Å². The molecule has 2 aromatic rings. The van der Waals surface area contributed by atoms with Gasteiger partial charge in [0.2, 0.25) is 0 Å². The van der Waals surface area contributed by atoms with E-state index in [4.69, 9.17) is 0 Å². The molecule has 0 aromatic heterocycles. The molecule has 2 saturated carbocycles. The molecule has 2 fully saturated rings. The van der Waals surface area contributed by atoms with Crippen molar-refractivity contribution < 1.29 is 13.2 Å². The molecule has 0 heterocycles. The van der Waals surface area contributed by atoms with Gasteiger partial charge in [-0.3, -0.25) is 9.10 Å². The normalized spacial score (nSPS) is 23.0. The average molecular weight is 411 g/mol. The first kappa shape index (κ1) is 19.7. The summed E-state index contributed by atoms with van der Waals surface area (Å²) >= 11 is 0. The van der Waals surface area contributed by atoms with Crippen molar-refractivity contribution in [3.05, 3.63) is 72.8 Å². The van der Waals surface area contributed by atoms with Crippen molar-refractivity contribution in [2.45, 2.75) is 36.6 Å². The quantitative estimate of drug-likeness (QED) is 0.702. The number of hydrogen-bond acceptors (Lipinski definition) is 3. The third-order valence-corrected chi connectivity index (χ3v) is 7.91. The fourth-order valence-electron chi connectivity index (χ4n) is 4.63. The summed E-state index contributed by atoms with van der Waals surface area (Å²) in [5.41, 5.74) is 1.05. The van der Waals surface area contributed by atoms with Gasteiger partial charge in [-0.05, 0) is 67.5 Å². The molecule has 2 aliphatic rings. The minimum atomic E-state index is -3.71. The van der Waals surface area contributed by atoms with Crippen LogP contribution < -0.4 is 9.62 Å². The fraction of sp³-hybridized carbons (Fsp3) is 0.348. The van der Waals surface area contributed by atoms with Gasteiger partial charge in [-0.1, -0.05) is 30.7 Å². The van der Waals surface area contributed by atoms with Crippen LogP contribution in [0.15, 0.2) is 72.1 Å². The molecule has 5 nitrogen and oxygen atoms in total. The fourth-order valence-corrected chi connectivity index (χ4v) is 6.09. The summed E-state index contributed by atoms with van der Waals surface area (Å²) in [7, 11) is -3.71. The van der Waals surface area contributed by atoms with Crippen molar-refractivity contribution in [3.63, 3.8) is 0 Å². The number of carbonyl (C=O) groups excluding carboxylic acids is 1. The Bertz CT molecular complexity index is 987. The highest BCUT2D eigenvalue weighted by atomic mass is 32.2. The molecule has 2 aromatic carbocycles. The number of nitrogens with zero attached hydrogens (tertiary/aromatic N) is 1. The number of rotatable bonds is 7. The van der Waals surface area contributed by atoms with Crippen LogP contribution in [0.1, 0.15) is 36.0 Å². The molecule has 4 rings (SSSR count). The molecule has 0 radical (unpaired) electrons. The summed E-state index contributed by atoms with van der Waals surface area (Å²) in [6, 6.07) is 15.3. The zero-order chi connectivity index (χ0) is 20.4.